The SMILES string of the molecule is Cc1cc(C(=O)Oc2ccc([NH])cc2)c2ccccc2n1. The third-order valence-electron chi connectivity index (χ3n) is 3.13. The zero-order valence-corrected chi connectivity index (χ0v) is 11.5. The molecule has 3 rings (SSSR count). The van der Waals surface area contributed by atoms with Crippen LogP contribution >= 0.6 is 0 Å². The van der Waals surface area contributed by atoms with E-state index in [1.54, 1.807) is 30.3 Å². The summed E-state index contributed by atoms with van der Waals surface area (Å²) in [6.45, 7) is 1.85. The third-order valence-corrected chi connectivity index (χ3v) is 3.13. The van der Waals surface area contributed by atoms with E-state index >= 15 is 0 Å². The minimum absolute atomic E-state index is 0.375. The normalized spacial score (nSPS) is 10.5. The van der Waals surface area contributed by atoms with Crippen molar-refractivity contribution in [2.45, 2.75) is 6.92 Å². The van der Waals surface area contributed by atoms with Crippen molar-refractivity contribution in [2.24, 2.45) is 0 Å². The van der Waals surface area contributed by atoms with Gasteiger partial charge in [0.15, 0.2) is 0 Å². The van der Waals surface area contributed by atoms with Crippen LogP contribution in [-0.2, 0) is 0 Å². The average molecular weight is 277 g/mol. The smallest absolute Gasteiger partial charge is 0.344 e. The first-order valence-corrected chi connectivity index (χ1v) is 6.54. The van der Waals surface area contributed by atoms with Crippen molar-refractivity contribution in [1.29, 1.82) is 0 Å². The summed E-state index contributed by atoms with van der Waals surface area (Å²) in [4.78, 5) is 16.8. The minimum Gasteiger partial charge on any atom is -0.423 e. The van der Waals surface area contributed by atoms with Crippen molar-refractivity contribution < 1.29 is 9.53 Å². The Morgan fingerprint density at radius 2 is 1.81 bits per heavy atom. The first kappa shape index (κ1) is 13.1. The molecule has 0 saturated carbocycles. The first-order valence-electron chi connectivity index (χ1n) is 6.54. The Hall–Kier alpha value is -2.88. The van der Waals surface area contributed by atoms with E-state index in [0.717, 1.165) is 16.6 Å². The number of esters is 1. The van der Waals surface area contributed by atoms with E-state index < -0.39 is 5.97 Å². The van der Waals surface area contributed by atoms with Crippen molar-refractivity contribution >= 4 is 22.6 Å². The number of hydrogen-bond donors (Lipinski definition) is 0. The van der Waals surface area contributed by atoms with Gasteiger partial charge in [0.1, 0.15) is 5.75 Å². The molecule has 1 aromatic heterocycles. The number of pyridine rings is 1. The van der Waals surface area contributed by atoms with Gasteiger partial charge in [-0.15, -0.1) is 0 Å². The van der Waals surface area contributed by atoms with Gasteiger partial charge in [0, 0.05) is 11.1 Å². The summed E-state index contributed by atoms with van der Waals surface area (Å²) in [5.74, 6) is 0.00368. The molecule has 0 unspecified atom stereocenters. The second-order valence-electron chi connectivity index (χ2n) is 4.74. The molecule has 0 aliphatic heterocycles. The van der Waals surface area contributed by atoms with Gasteiger partial charge in [0.2, 0.25) is 0 Å². The average Bonchev–Trinajstić information content (AvgIpc) is 2.48. The lowest BCUT2D eigenvalue weighted by Gasteiger charge is -2.08. The van der Waals surface area contributed by atoms with Crippen LogP contribution in [0.3, 0.4) is 0 Å². The standard InChI is InChI=1S/C17H13N2O2/c1-11-10-15(14-4-2-3-5-16(14)19-11)17(20)21-13-8-6-12(18)7-9-13/h2-10,18H,1H3. The van der Waals surface area contributed by atoms with Gasteiger partial charge >= 0.3 is 5.97 Å². The highest BCUT2D eigenvalue weighted by atomic mass is 16.5. The van der Waals surface area contributed by atoms with Crippen molar-refractivity contribution in [3.05, 3.63) is 65.9 Å². The van der Waals surface area contributed by atoms with E-state index in [0.29, 0.717) is 17.0 Å². The third kappa shape index (κ3) is 2.69. The predicted molar refractivity (Wildman–Crippen MR) is 80.6 cm³/mol. The van der Waals surface area contributed by atoms with Gasteiger partial charge in [-0.1, -0.05) is 18.2 Å². The van der Waals surface area contributed by atoms with Crippen molar-refractivity contribution in [3.63, 3.8) is 0 Å². The fourth-order valence-electron chi connectivity index (χ4n) is 2.16. The van der Waals surface area contributed by atoms with Crippen molar-refractivity contribution in [3.8, 4) is 5.75 Å². The van der Waals surface area contributed by atoms with Crippen LogP contribution in [0.25, 0.3) is 10.9 Å². The Kier molecular flexibility index (Phi) is 3.28. The number of hydrogen-bond acceptors (Lipinski definition) is 3. The molecule has 1 N–H and O–H groups in total. The van der Waals surface area contributed by atoms with Gasteiger partial charge in [-0.25, -0.2) is 4.79 Å². The summed E-state index contributed by atoms with van der Waals surface area (Å²) in [5.41, 5.74) is 9.83. The van der Waals surface area contributed by atoms with E-state index in [2.05, 4.69) is 4.98 Å². The Morgan fingerprint density at radius 3 is 2.57 bits per heavy atom. The molecule has 21 heavy (non-hydrogen) atoms. The van der Waals surface area contributed by atoms with Gasteiger partial charge in [0.05, 0.1) is 16.8 Å². The second-order valence-corrected chi connectivity index (χ2v) is 4.74. The summed E-state index contributed by atoms with van der Waals surface area (Å²) in [7, 11) is 0. The molecule has 0 fully saturated rings. The Morgan fingerprint density at radius 1 is 1.10 bits per heavy atom. The highest BCUT2D eigenvalue weighted by Gasteiger charge is 2.14. The molecule has 1 radical (unpaired) electrons. The Labute approximate surface area is 122 Å². The number of ether oxygens (including phenoxy) is 1. The summed E-state index contributed by atoms with van der Waals surface area (Å²) < 4.78 is 5.37. The van der Waals surface area contributed by atoms with Gasteiger partial charge in [-0.2, -0.15) is 0 Å². The summed E-state index contributed by atoms with van der Waals surface area (Å²) in [5, 5.41) is 0.769. The molecule has 0 saturated heterocycles. The lowest BCUT2D eigenvalue weighted by Crippen LogP contribution is -2.10. The van der Waals surface area contributed by atoms with Crippen LogP contribution in [0.2, 0.25) is 0 Å². The molecule has 0 atom stereocenters. The molecule has 0 amide bonds. The molecular weight excluding hydrogens is 264 g/mol. The number of rotatable bonds is 2. The summed E-state index contributed by atoms with van der Waals surface area (Å²) in [6.07, 6.45) is 0. The second kappa shape index (κ2) is 5.25. The van der Waals surface area contributed by atoms with Crippen LogP contribution < -0.4 is 10.5 Å². The van der Waals surface area contributed by atoms with E-state index in [4.69, 9.17) is 10.5 Å². The highest BCUT2D eigenvalue weighted by Crippen LogP contribution is 2.21. The number of carbonyl (C=O) groups is 1. The first-order chi connectivity index (χ1) is 10.1. The summed E-state index contributed by atoms with van der Waals surface area (Å²) in [6, 6.07) is 15.6. The fraction of sp³-hybridized carbons (Fsp3) is 0.0588. The molecule has 0 spiro atoms. The fourth-order valence-corrected chi connectivity index (χ4v) is 2.16. The zero-order chi connectivity index (χ0) is 14.8. The van der Waals surface area contributed by atoms with Gasteiger partial charge in [-0.3, -0.25) is 4.98 Å². The van der Waals surface area contributed by atoms with Crippen LogP contribution in [0, 0.1) is 6.92 Å². The molecule has 3 aromatic rings. The molecule has 103 valence electrons. The maximum Gasteiger partial charge on any atom is 0.344 e. The number of nitrogens with one attached hydrogen (secondary N) is 1. The quantitative estimate of drug-likeness (QED) is 0.530. The molecule has 4 nitrogen and oxygen atoms in total. The van der Waals surface area contributed by atoms with Crippen LogP contribution in [0.5, 0.6) is 5.75 Å². The number of nitrogens with zero attached hydrogens (tertiary/aromatic N) is 1. The lowest BCUT2D eigenvalue weighted by atomic mass is 10.1. The maximum atomic E-state index is 12.4. The molecule has 0 aliphatic rings. The molecule has 0 bridgehead atoms. The van der Waals surface area contributed by atoms with Crippen molar-refractivity contribution in [1.82, 2.24) is 10.7 Å². The largest absolute Gasteiger partial charge is 0.423 e. The maximum absolute atomic E-state index is 12.4. The number of benzene rings is 2. The molecule has 1 heterocycles. The zero-order valence-electron chi connectivity index (χ0n) is 11.5. The van der Waals surface area contributed by atoms with Crippen LogP contribution in [0.15, 0.2) is 54.6 Å². The van der Waals surface area contributed by atoms with E-state index in [9.17, 15) is 4.79 Å². The number of para-hydroxylation sites is 1. The topological polar surface area (TPSA) is 63.0 Å². The molecule has 0 aliphatic carbocycles. The van der Waals surface area contributed by atoms with Crippen LogP contribution in [-0.4, -0.2) is 11.0 Å². The molecule has 4 heteroatoms. The number of aryl methyl sites for hydroxylation is 1. The van der Waals surface area contributed by atoms with Gasteiger partial charge in [0.25, 0.3) is 0 Å². The number of aromatic nitrogens is 1. The van der Waals surface area contributed by atoms with Crippen molar-refractivity contribution in [2.75, 3.05) is 0 Å². The Balaban J connectivity index is 1.99. The van der Waals surface area contributed by atoms with Gasteiger partial charge < -0.3 is 10.5 Å². The number of fused-ring (bicyclic) bond motifs is 1. The van der Waals surface area contributed by atoms with E-state index in [-0.39, 0.29) is 0 Å². The highest BCUT2D eigenvalue weighted by molar-refractivity contribution is 6.04. The number of carbonyl (C=O) groups excluding carboxylic acids is 1. The lowest BCUT2D eigenvalue weighted by molar-refractivity contribution is 0.0736. The van der Waals surface area contributed by atoms with E-state index in [1.165, 1.54) is 0 Å². The Bertz CT molecular complexity index is 811. The van der Waals surface area contributed by atoms with Gasteiger partial charge in [-0.05, 0) is 43.3 Å². The minimum atomic E-state index is -0.422. The predicted octanol–water partition coefficient (Wildman–Crippen LogP) is 3.68. The molecule has 2 aromatic carbocycles. The van der Waals surface area contributed by atoms with Crippen LogP contribution in [0.1, 0.15) is 16.1 Å². The molecular formula is C17H13N2O2. The summed E-state index contributed by atoms with van der Waals surface area (Å²) >= 11 is 0. The van der Waals surface area contributed by atoms with E-state index in [1.807, 2.05) is 31.2 Å². The monoisotopic (exact) mass is 277 g/mol. The van der Waals surface area contributed by atoms with Crippen LogP contribution in [0.4, 0.5) is 5.69 Å².